The van der Waals surface area contributed by atoms with Crippen LogP contribution in [0, 0.1) is 0 Å². The Morgan fingerprint density at radius 1 is 0.952 bits per heavy atom. The number of hydrogen-bond donors (Lipinski definition) is 0. The van der Waals surface area contributed by atoms with Crippen molar-refractivity contribution in [3.63, 3.8) is 0 Å². The third-order valence-electron chi connectivity index (χ3n) is 2.84. The van der Waals surface area contributed by atoms with Crippen molar-refractivity contribution in [2.24, 2.45) is 0 Å². The molecular weight excluding hydrogens is 268 g/mol. The van der Waals surface area contributed by atoms with E-state index in [9.17, 15) is 9.59 Å². The van der Waals surface area contributed by atoms with E-state index < -0.39 is 18.0 Å². The van der Waals surface area contributed by atoms with Gasteiger partial charge in [-0.1, -0.05) is 48.5 Å². The second-order valence-corrected chi connectivity index (χ2v) is 4.31. The van der Waals surface area contributed by atoms with Gasteiger partial charge >= 0.3 is 11.9 Å². The number of esters is 2. The second-order valence-electron chi connectivity index (χ2n) is 4.31. The van der Waals surface area contributed by atoms with Crippen LogP contribution in [0.5, 0.6) is 0 Å². The normalized spacial score (nSPS) is 11.5. The fraction of sp³-hybridized carbons (Fsp3) is 0.176. The van der Waals surface area contributed by atoms with Gasteiger partial charge in [-0.3, -0.25) is 0 Å². The van der Waals surface area contributed by atoms with E-state index >= 15 is 0 Å². The molecule has 2 aromatic carbocycles. The van der Waals surface area contributed by atoms with Gasteiger partial charge in [0.15, 0.2) is 0 Å². The van der Waals surface area contributed by atoms with Crippen LogP contribution in [0.25, 0.3) is 0 Å². The maximum atomic E-state index is 12.1. The molecule has 21 heavy (non-hydrogen) atoms. The lowest BCUT2D eigenvalue weighted by atomic mass is 10.1. The van der Waals surface area contributed by atoms with Gasteiger partial charge in [0.2, 0.25) is 6.10 Å². The summed E-state index contributed by atoms with van der Waals surface area (Å²) in [7, 11) is 0. The predicted octanol–water partition coefficient (Wildman–Crippen LogP) is 3.15. The molecule has 0 aliphatic rings. The van der Waals surface area contributed by atoms with E-state index in [-0.39, 0.29) is 6.61 Å². The van der Waals surface area contributed by atoms with E-state index in [1.807, 2.05) is 6.07 Å². The SMILES string of the molecule is CCOC(=O)[C@@H](OC(=O)c1ccccc1)c1ccccc1. The van der Waals surface area contributed by atoms with Crippen LogP contribution in [0.2, 0.25) is 0 Å². The molecule has 0 heterocycles. The highest BCUT2D eigenvalue weighted by Crippen LogP contribution is 2.20. The monoisotopic (exact) mass is 284 g/mol. The summed E-state index contributed by atoms with van der Waals surface area (Å²) in [6.45, 7) is 1.93. The molecule has 4 heteroatoms. The Morgan fingerprint density at radius 2 is 1.52 bits per heavy atom. The average molecular weight is 284 g/mol. The Bertz CT molecular complexity index is 593. The Kier molecular flexibility index (Phi) is 5.10. The molecule has 1 atom stereocenters. The molecular formula is C17H16O4. The Hall–Kier alpha value is -2.62. The summed E-state index contributed by atoms with van der Waals surface area (Å²) >= 11 is 0. The van der Waals surface area contributed by atoms with Gasteiger partial charge in [0.25, 0.3) is 0 Å². The van der Waals surface area contributed by atoms with Gasteiger partial charge in [0, 0.05) is 5.56 Å². The van der Waals surface area contributed by atoms with Gasteiger partial charge in [-0.2, -0.15) is 0 Å². The number of carbonyl (C=O) groups is 2. The number of rotatable bonds is 5. The first kappa shape index (κ1) is 14.8. The summed E-state index contributed by atoms with van der Waals surface area (Å²) in [5.74, 6) is -1.13. The molecule has 2 rings (SSSR count). The van der Waals surface area contributed by atoms with Crippen LogP contribution in [0.1, 0.15) is 28.9 Å². The van der Waals surface area contributed by atoms with Crippen LogP contribution >= 0.6 is 0 Å². The van der Waals surface area contributed by atoms with Crippen molar-refractivity contribution >= 4 is 11.9 Å². The van der Waals surface area contributed by atoms with Crippen molar-refractivity contribution in [2.45, 2.75) is 13.0 Å². The summed E-state index contributed by atoms with van der Waals surface area (Å²) in [5.41, 5.74) is 0.975. The molecule has 0 N–H and O–H groups in total. The maximum Gasteiger partial charge on any atom is 0.352 e. The van der Waals surface area contributed by atoms with Crippen LogP contribution < -0.4 is 0 Å². The topological polar surface area (TPSA) is 52.6 Å². The van der Waals surface area contributed by atoms with Crippen LogP contribution in [0.4, 0.5) is 0 Å². The molecule has 0 aliphatic heterocycles. The predicted molar refractivity (Wildman–Crippen MR) is 77.7 cm³/mol. The van der Waals surface area contributed by atoms with Gasteiger partial charge in [0.05, 0.1) is 12.2 Å². The van der Waals surface area contributed by atoms with Gasteiger partial charge in [-0.05, 0) is 19.1 Å². The first-order chi connectivity index (χ1) is 10.2. The van der Waals surface area contributed by atoms with E-state index in [1.54, 1.807) is 61.5 Å². The van der Waals surface area contributed by atoms with Gasteiger partial charge in [-0.15, -0.1) is 0 Å². The second kappa shape index (κ2) is 7.24. The molecule has 0 aliphatic carbocycles. The zero-order valence-corrected chi connectivity index (χ0v) is 11.7. The van der Waals surface area contributed by atoms with Crippen LogP contribution in [0.3, 0.4) is 0 Å². The van der Waals surface area contributed by atoms with Crippen LogP contribution in [-0.4, -0.2) is 18.5 Å². The molecule has 0 spiro atoms. The summed E-state index contributed by atoms with van der Waals surface area (Å²) in [5, 5.41) is 0. The minimum Gasteiger partial charge on any atom is -0.463 e. The van der Waals surface area contributed by atoms with E-state index in [2.05, 4.69) is 0 Å². The number of carbonyl (C=O) groups excluding carboxylic acids is 2. The Morgan fingerprint density at radius 3 is 2.10 bits per heavy atom. The molecule has 0 radical (unpaired) electrons. The molecule has 2 aromatic rings. The van der Waals surface area contributed by atoms with E-state index in [0.717, 1.165) is 0 Å². The van der Waals surface area contributed by atoms with Crippen LogP contribution in [-0.2, 0) is 14.3 Å². The van der Waals surface area contributed by atoms with E-state index in [0.29, 0.717) is 11.1 Å². The lowest BCUT2D eigenvalue weighted by Gasteiger charge is -2.16. The third-order valence-corrected chi connectivity index (χ3v) is 2.84. The Balaban J connectivity index is 2.20. The molecule has 0 amide bonds. The summed E-state index contributed by atoms with van der Waals surface area (Å²) in [6.07, 6.45) is -1.06. The zero-order chi connectivity index (χ0) is 15.1. The highest BCUT2D eigenvalue weighted by molar-refractivity contribution is 5.91. The molecule has 108 valence electrons. The molecule has 0 saturated carbocycles. The van der Waals surface area contributed by atoms with Crippen LogP contribution in [0.15, 0.2) is 60.7 Å². The highest BCUT2D eigenvalue weighted by Gasteiger charge is 2.26. The molecule has 0 saturated heterocycles. The highest BCUT2D eigenvalue weighted by atomic mass is 16.6. The summed E-state index contributed by atoms with van der Waals surface area (Å²) in [6, 6.07) is 17.4. The van der Waals surface area contributed by atoms with Crippen molar-refractivity contribution in [1.29, 1.82) is 0 Å². The standard InChI is InChI=1S/C17H16O4/c1-2-20-17(19)15(13-9-5-3-6-10-13)21-16(18)14-11-7-4-8-12-14/h3-12,15H,2H2,1H3/t15-/m0/s1. The minimum absolute atomic E-state index is 0.227. The molecule has 4 nitrogen and oxygen atoms in total. The largest absolute Gasteiger partial charge is 0.463 e. The zero-order valence-electron chi connectivity index (χ0n) is 11.7. The van der Waals surface area contributed by atoms with Crippen molar-refractivity contribution in [3.8, 4) is 0 Å². The smallest absolute Gasteiger partial charge is 0.352 e. The molecule has 0 bridgehead atoms. The number of benzene rings is 2. The molecule has 0 unspecified atom stereocenters. The Labute approximate surface area is 123 Å². The summed E-state index contributed by atoms with van der Waals surface area (Å²) < 4.78 is 10.3. The molecule has 0 fully saturated rings. The molecule has 0 aromatic heterocycles. The van der Waals surface area contributed by atoms with Crippen molar-refractivity contribution in [2.75, 3.05) is 6.61 Å². The quantitative estimate of drug-likeness (QED) is 0.791. The first-order valence-electron chi connectivity index (χ1n) is 6.70. The number of hydrogen-bond acceptors (Lipinski definition) is 4. The van der Waals surface area contributed by atoms with Crippen molar-refractivity contribution < 1.29 is 19.1 Å². The maximum absolute atomic E-state index is 12.1. The average Bonchev–Trinajstić information content (AvgIpc) is 2.54. The fourth-order valence-corrected chi connectivity index (χ4v) is 1.85. The summed E-state index contributed by atoms with van der Waals surface area (Å²) in [4.78, 5) is 24.1. The van der Waals surface area contributed by atoms with Crippen molar-refractivity contribution in [1.82, 2.24) is 0 Å². The van der Waals surface area contributed by atoms with E-state index in [1.165, 1.54) is 0 Å². The first-order valence-corrected chi connectivity index (χ1v) is 6.70. The van der Waals surface area contributed by atoms with Crippen molar-refractivity contribution in [3.05, 3.63) is 71.8 Å². The van der Waals surface area contributed by atoms with Gasteiger partial charge < -0.3 is 9.47 Å². The lowest BCUT2D eigenvalue weighted by molar-refractivity contribution is -0.153. The third kappa shape index (κ3) is 3.92. The minimum atomic E-state index is -1.06. The lowest BCUT2D eigenvalue weighted by Crippen LogP contribution is -2.22. The van der Waals surface area contributed by atoms with Gasteiger partial charge in [0.1, 0.15) is 0 Å². The van der Waals surface area contributed by atoms with Gasteiger partial charge in [-0.25, -0.2) is 9.59 Å². The van der Waals surface area contributed by atoms with E-state index in [4.69, 9.17) is 9.47 Å². The number of ether oxygens (including phenoxy) is 2. The fourth-order valence-electron chi connectivity index (χ4n) is 1.85.